The molecule has 138 valence electrons. The Morgan fingerprint density at radius 2 is 1.80 bits per heavy atom. The Labute approximate surface area is 150 Å². The number of carbonyl (C=O) groups is 1. The van der Waals surface area contributed by atoms with Gasteiger partial charge in [0.25, 0.3) is 0 Å². The standard InChI is InChI=1S/C18H29N5O2/c1-13(2)23(14(3)4)18(24)22-6-5-15-16(11-22)19-12-20-17(15)21-7-9-25-10-8-21/h12-14H,5-11H2,1-4H3. The van der Waals surface area contributed by atoms with E-state index in [-0.39, 0.29) is 18.1 Å². The first-order valence-electron chi connectivity index (χ1n) is 9.21. The van der Waals surface area contributed by atoms with Crippen LogP contribution in [0.4, 0.5) is 10.6 Å². The van der Waals surface area contributed by atoms with E-state index in [1.54, 1.807) is 6.33 Å². The van der Waals surface area contributed by atoms with Crippen LogP contribution in [0.3, 0.4) is 0 Å². The van der Waals surface area contributed by atoms with E-state index < -0.39 is 0 Å². The van der Waals surface area contributed by atoms with Crippen molar-refractivity contribution in [2.24, 2.45) is 0 Å². The second-order valence-corrected chi connectivity index (χ2v) is 7.27. The van der Waals surface area contributed by atoms with E-state index in [4.69, 9.17) is 4.74 Å². The number of amides is 2. The Hall–Kier alpha value is -1.89. The van der Waals surface area contributed by atoms with Crippen LogP contribution < -0.4 is 4.90 Å². The molecule has 7 heteroatoms. The molecule has 3 heterocycles. The van der Waals surface area contributed by atoms with Crippen molar-refractivity contribution in [1.82, 2.24) is 19.8 Å². The fraction of sp³-hybridized carbons (Fsp3) is 0.722. The molecule has 1 fully saturated rings. The van der Waals surface area contributed by atoms with Gasteiger partial charge in [0.1, 0.15) is 12.1 Å². The number of morpholine rings is 1. The zero-order valence-electron chi connectivity index (χ0n) is 15.7. The van der Waals surface area contributed by atoms with Gasteiger partial charge in [-0.1, -0.05) is 0 Å². The van der Waals surface area contributed by atoms with Gasteiger partial charge in [-0.15, -0.1) is 0 Å². The van der Waals surface area contributed by atoms with Crippen molar-refractivity contribution in [3.8, 4) is 0 Å². The van der Waals surface area contributed by atoms with Gasteiger partial charge in [0.15, 0.2) is 0 Å². The highest BCUT2D eigenvalue weighted by Gasteiger charge is 2.30. The van der Waals surface area contributed by atoms with Crippen molar-refractivity contribution >= 4 is 11.8 Å². The molecule has 1 aromatic heterocycles. The third kappa shape index (κ3) is 3.71. The maximum atomic E-state index is 13.0. The summed E-state index contributed by atoms with van der Waals surface area (Å²) >= 11 is 0. The van der Waals surface area contributed by atoms with Crippen molar-refractivity contribution in [1.29, 1.82) is 0 Å². The molecule has 0 aromatic carbocycles. The summed E-state index contributed by atoms with van der Waals surface area (Å²) in [4.78, 5) is 28.1. The maximum Gasteiger partial charge on any atom is 0.320 e. The molecule has 0 unspecified atom stereocenters. The van der Waals surface area contributed by atoms with Gasteiger partial charge in [-0.3, -0.25) is 0 Å². The second kappa shape index (κ2) is 7.56. The minimum absolute atomic E-state index is 0.0992. The summed E-state index contributed by atoms with van der Waals surface area (Å²) < 4.78 is 5.44. The van der Waals surface area contributed by atoms with Crippen LogP contribution in [0, 0.1) is 0 Å². The minimum Gasteiger partial charge on any atom is -0.378 e. The Bertz CT molecular complexity index is 605. The number of anilines is 1. The average molecular weight is 347 g/mol. The number of ether oxygens (including phenoxy) is 1. The number of carbonyl (C=O) groups excluding carboxylic acids is 1. The monoisotopic (exact) mass is 347 g/mol. The van der Waals surface area contributed by atoms with Crippen LogP contribution in [0.15, 0.2) is 6.33 Å². The van der Waals surface area contributed by atoms with Gasteiger partial charge in [0.2, 0.25) is 0 Å². The summed E-state index contributed by atoms with van der Waals surface area (Å²) in [5, 5.41) is 0. The molecular formula is C18H29N5O2. The lowest BCUT2D eigenvalue weighted by molar-refractivity contribution is 0.119. The largest absolute Gasteiger partial charge is 0.378 e. The molecule has 3 rings (SSSR count). The highest BCUT2D eigenvalue weighted by Crippen LogP contribution is 2.27. The summed E-state index contributed by atoms with van der Waals surface area (Å²) in [7, 11) is 0. The maximum absolute atomic E-state index is 13.0. The normalized spacial score (nSPS) is 17.8. The Balaban J connectivity index is 1.79. The number of urea groups is 1. The molecule has 2 amide bonds. The van der Waals surface area contributed by atoms with Gasteiger partial charge in [0.05, 0.1) is 25.5 Å². The molecule has 2 aliphatic rings. The summed E-state index contributed by atoms with van der Waals surface area (Å²) in [5.41, 5.74) is 2.16. The molecule has 0 N–H and O–H groups in total. The van der Waals surface area contributed by atoms with Crippen molar-refractivity contribution in [3.05, 3.63) is 17.6 Å². The number of aromatic nitrogens is 2. The predicted octanol–water partition coefficient (Wildman–Crippen LogP) is 1.91. The predicted molar refractivity (Wildman–Crippen MR) is 96.7 cm³/mol. The SMILES string of the molecule is CC(C)N(C(=O)N1CCc2c(ncnc2N2CCOCC2)C1)C(C)C. The zero-order valence-corrected chi connectivity index (χ0v) is 15.7. The van der Waals surface area contributed by atoms with Gasteiger partial charge in [0, 0.05) is 37.3 Å². The smallest absolute Gasteiger partial charge is 0.320 e. The van der Waals surface area contributed by atoms with Gasteiger partial charge in [-0.25, -0.2) is 14.8 Å². The van der Waals surface area contributed by atoms with Crippen molar-refractivity contribution < 1.29 is 9.53 Å². The minimum atomic E-state index is 0.0992. The van der Waals surface area contributed by atoms with Gasteiger partial charge in [-0.2, -0.15) is 0 Å². The molecule has 0 aliphatic carbocycles. The van der Waals surface area contributed by atoms with Gasteiger partial charge < -0.3 is 19.4 Å². The first-order valence-corrected chi connectivity index (χ1v) is 9.21. The molecule has 1 aromatic rings. The fourth-order valence-corrected chi connectivity index (χ4v) is 3.75. The third-order valence-electron chi connectivity index (χ3n) is 4.90. The number of fused-ring (bicyclic) bond motifs is 1. The molecule has 0 radical (unpaired) electrons. The second-order valence-electron chi connectivity index (χ2n) is 7.27. The van der Waals surface area contributed by atoms with E-state index in [0.29, 0.717) is 13.1 Å². The Kier molecular flexibility index (Phi) is 5.42. The van der Waals surface area contributed by atoms with E-state index in [9.17, 15) is 4.79 Å². The number of hydrogen-bond donors (Lipinski definition) is 0. The lowest BCUT2D eigenvalue weighted by Crippen LogP contribution is -2.51. The molecule has 0 bridgehead atoms. The highest BCUT2D eigenvalue weighted by molar-refractivity contribution is 5.75. The van der Waals surface area contributed by atoms with Crippen molar-refractivity contribution in [3.63, 3.8) is 0 Å². The summed E-state index contributed by atoms with van der Waals surface area (Å²) in [5.74, 6) is 1.02. The number of rotatable bonds is 3. The molecule has 0 spiro atoms. The first kappa shape index (κ1) is 17.9. The lowest BCUT2D eigenvalue weighted by atomic mass is 10.0. The zero-order chi connectivity index (χ0) is 18.0. The van der Waals surface area contributed by atoms with Crippen LogP contribution in [0.25, 0.3) is 0 Å². The summed E-state index contributed by atoms with van der Waals surface area (Å²) in [6, 6.07) is 0.466. The van der Waals surface area contributed by atoms with E-state index in [1.807, 2.05) is 9.80 Å². The molecule has 0 saturated carbocycles. The van der Waals surface area contributed by atoms with Gasteiger partial charge >= 0.3 is 6.03 Å². The third-order valence-corrected chi connectivity index (χ3v) is 4.90. The molecule has 1 saturated heterocycles. The van der Waals surface area contributed by atoms with E-state index in [2.05, 4.69) is 42.6 Å². The van der Waals surface area contributed by atoms with Crippen LogP contribution >= 0.6 is 0 Å². The quantitative estimate of drug-likeness (QED) is 0.836. The van der Waals surface area contributed by atoms with Crippen LogP contribution in [0.5, 0.6) is 0 Å². The molecular weight excluding hydrogens is 318 g/mol. The van der Waals surface area contributed by atoms with Crippen LogP contribution in [-0.4, -0.2) is 70.7 Å². The van der Waals surface area contributed by atoms with Gasteiger partial charge in [-0.05, 0) is 34.1 Å². The van der Waals surface area contributed by atoms with Crippen molar-refractivity contribution in [2.75, 3.05) is 37.7 Å². The van der Waals surface area contributed by atoms with Crippen LogP contribution in [0.2, 0.25) is 0 Å². The molecule has 0 atom stereocenters. The average Bonchev–Trinajstić information content (AvgIpc) is 2.60. The van der Waals surface area contributed by atoms with Crippen molar-refractivity contribution in [2.45, 2.75) is 52.7 Å². The molecule has 2 aliphatic heterocycles. The molecule has 7 nitrogen and oxygen atoms in total. The summed E-state index contributed by atoms with van der Waals surface area (Å²) in [6.07, 6.45) is 2.43. The van der Waals surface area contributed by atoms with E-state index in [0.717, 1.165) is 44.2 Å². The first-order chi connectivity index (χ1) is 12.0. The Morgan fingerprint density at radius 1 is 1.12 bits per heavy atom. The molecule has 25 heavy (non-hydrogen) atoms. The van der Waals surface area contributed by atoms with E-state index >= 15 is 0 Å². The fourth-order valence-electron chi connectivity index (χ4n) is 3.75. The number of nitrogens with zero attached hydrogens (tertiary/aromatic N) is 5. The Morgan fingerprint density at radius 3 is 2.44 bits per heavy atom. The highest BCUT2D eigenvalue weighted by atomic mass is 16.5. The van der Waals surface area contributed by atoms with Crippen LogP contribution in [-0.2, 0) is 17.7 Å². The van der Waals surface area contributed by atoms with E-state index in [1.165, 1.54) is 5.56 Å². The summed E-state index contributed by atoms with van der Waals surface area (Å²) in [6.45, 7) is 12.7. The topological polar surface area (TPSA) is 61.8 Å². The van der Waals surface area contributed by atoms with Crippen LogP contribution in [0.1, 0.15) is 39.0 Å². The lowest BCUT2D eigenvalue weighted by Gasteiger charge is -2.38. The number of hydrogen-bond acceptors (Lipinski definition) is 5.